The summed E-state index contributed by atoms with van der Waals surface area (Å²) in [5.41, 5.74) is 0. The average Bonchev–Trinajstić information content (AvgIpc) is 3.29. The lowest BCUT2D eigenvalue weighted by molar-refractivity contribution is 0.0303. The van der Waals surface area contributed by atoms with Crippen LogP contribution in [0.15, 0.2) is 0 Å². The van der Waals surface area contributed by atoms with Crippen molar-refractivity contribution in [1.29, 1.82) is 0 Å². The van der Waals surface area contributed by atoms with Crippen molar-refractivity contribution in [2.45, 2.75) is 107 Å². The van der Waals surface area contributed by atoms with Gasteiger partial charge in [0.2, 0.25) is 0 Å². The largest absolute Gasteiger partial charge is 0.381 e. The minimum Gasteiger partial charge on any atom is -0.381 e. The molecular formula is C28H56O2. The van der Waals surface area contributed by atoms with Gasteiger partial charge in [0.05, 0.1) is 0 Å². The molecule has 0 radical (unpaired) electrons. The summed E-state index contributed by atoms with van der Waals surface area (Å²) in [5.74, 6) is 7.28. The predicted molar refractivity (Wildman–Crippen MR) is 132 cm³/mol. The Balaban J connectivity index is 0.000000200. The van der Waals surface area contributed by atoms with Crippen molar-refractivity contribution >= 4 is 0 Å². The molecule has 180 valence electrons. The molecule has 8 atom stereocenters. The second kappa shape index (κ2) is 15.7. The van der Waals surface area contributed by atoms with Crippen LogP contribution in [0, 0.1) is 47.3 Å². The summed E-state index contributed by atoms with van der Waals surface area (Å²) in [6.45, 7) is 22.4. The molecule has 2 heterocycles. The predicted octanol–water partition coefficient (Wildman–Crippen LogP) is 8.24. The summed E-state index contributed by atoms with van der Waals surface area (Å²) < 4.78 is 10.4. The Morgan fingerprint density at radius 3 is 0.933 bits per heavy atom. The summed E-state index contributed by atoms with van der Waals surface area (Å²) in [6, 6.07) is 0. The Hall–Kier alpha value is -0.0800. The number of ether oxygens (including phenoxy) is 2. The Morgan fingerprint density at radius 2 is 0.700 bits per heavy atom. The first-order valence-corrected chi connectivity index (χ1v) is 13.4. The van der Waals surface area contributed by atoms with Crippen LogP contribution in [0.4, 0.5) is 0 Å². The van der Waals surface area contributed by atoms with Crippen LogP contribution >= 0.6 is 0 Å². The average molecular weight is 425 g/mol. The summed E-state index contributed by atoms with van der Waals surface area (Å²) in [4.78, 5) is 0. The molecule has 2 aliphatic carbocycles. The van der Waals surface area contributed by atoms with Gasteiger partial charge in [0.25, 0.3) is 0 Å². The second-order valence-corrected chi connectivity index (χ2v) is 11.4. The minimum absolute atomic E-state index is 0.781. The third-order valence-corrected chi connectivity index (χ3v) is 8.63. The second-order valence-electron chi connectivity index (χ2n) is 11.4. The van der Waals surface area contributed by atoms with Crippen LogP contribution in [-0.2, 0) is 9.47 Å². The molecule has 0 aromatic heterocycles. The molecule has 4 rings (SSSR count). The van der Waals surface area contributed by atoms with E-state index in [0.717, 1.165) is 73.8 Å². The van der Waals surface area contributed by atoms with E-state index >= 15 is 0 Å². The van der Waals surface area contributed by atoms with Crippen LogP contribution < -0.4 is 0 Å². The topological polar surface area (TPSA) is 18.5 Å². The quantitative estimate of drug-likeness (QED) is 0.390. The lowest BCUT2D eigenvalue weighted by Gasteiger charge is -2.24. The Kier molecular flexibility index (Phi) is 14.6. The molecule has 2 heteroatoms. The maximum atomic E-state index is 5.25. The molecule has 0 amide bonds. The molecule has 0 N–H and O–H groups in total. The minimum atomic E-state index is 0.781. The maximum Gasteiger partial charge on any atom is 0.0495 e. The summed E-state index contributed by atoms with van der Waals surface area (Å²) in [7, 11) is 0. The van der Waals surface area contributed by atoms with Gasteiger partial charge in [-0.3, -0.25) is 0 Å². The fourth-order valence-corrected chi connectivity index (χ4v) is 4.59. The molecule has 0 bridgehead atoms. The first-order valence-electron chi connectivity index (χ1n) is 13.4. The number of rotatable bonds is 0. The first kappa shape index (κ1) is 28.0. The van der Waals surface area contributed by atoms with E-state index in [0.29, 0.717) is 0 Å². The molecule has 2 saturated heterocycles. The van der Waals surface area contributed by atoms with Crippen molar-refractivity contribution in [3.8, 4) is 0 Å². The number of hydrogen-bond donors (Lipinski definition) is 0. The van der Waals surface area contributed by atoms with Crippen LogP contribution in [0.2, 0.25) is 0 Å². The van der Waals surface area contributed by atoms with Crippen LogP contribution in [0.3, 0.4) is 0 Å². The van der Waals surface area contributed by atoms with Crippen molar-refractivity contribution in [1.82, 2.24) is 0 Å². The van der Waals surface area contributed by atoms with Gasteiger partial charge in [0.1, 0.15) is 0 Å². The van der Waals surface area contributed by atoms with Crippen LogP contribution in [0.5, 0.6) is 0 Å². The van der Waals surface area contributed by atoms with E-state index in [1.165, 1.54) is 51.4 Å². The molecule has 2 saturated carbocycles. The van der Waals surface area contributed by atoms with E-state index in [2.05, 4.69) is 55.4 Å². The fourth-order valence-electron chi connectivity index (χ4n) is 4.59. The van der Waals surface area contributed by atoms with Gasteiger partial charge >= 0.3 is 0 Å². The van der Waals surface area contributed by atoms with E-state index < -0.39 is 0 Å². The van der Waals surface area contributed by atoms with Gasteiger partial charge in [-0.1, -0.05) is 100 Å². The monoisotopic (exact) mass is 424 g/mol. The normalized spacial score (nSPS) is 40.8. The lowest BCUT2D eigenvalue weighted by atomic mass is 9.82. The third kappa shape index (κ3) is 11.5. The fraction of sp³-hybridized carbons (Fsp3) is 1.00. The Labute approximate surface area is 190 Å². The van der Waals surface area contributed by atoms with E-state index in [1.807, 2.05) is 0 Å². The molecule has 2 nitrogen and oxygen atoms in total. The zero-order valence-electron chi connectivity index (χ0n) is 21.9. The van der Waals surface area contributed by atoms with Crippen LogP contribution in [0.25, 0.3) is 0 Å². The van der Waals surface area contributed by atoms with Crippen molar-refractivity contribution in [3.05, 3.63) is 0 Å². The third-order valence-electron chi connectivity index (χ3n) is 8.63. The van der Waals surface area contributed by atoms with E-state index in [1.54, 1.807) is 0 Å². The highest BCUT2D eigenvalue weighted by Crippen LogP contribution is 2.30. The maximum absolute atomic E-state index is 5.25. The molecule has 0 aromatic rings. The van der Waals surface area contributed by atoms with Gasteiger partial charge in [-0.2, -0.15) is 0 Å². The van der Waals surface area contributed by atoms with Crippen LogP contribution in [0.1, 0.15) is 107 Å². The van der Waals surface area contributed by atoms with Gasteiger partial charge in [-0.15, -0.1) is 0 Å². The SMILES string of the molecule is CC1CCCC1C.CC1CCCCC1C.CC1CCOCC1C.CC1COCC1C. The van der Waals surface area contributed by atoms with Crippen molar-refractivity contribution in [2.24, 2.45) is 47.3 Å². The molecule has 8 unspecified atom stereocenters. The van der Waals surface area contributed by atoms with E-state index in [-0.39, 0.29) is 0 Å². The highest BCUT2D eigenvalue weighted by Gasteiger charge is 2.19. The molecule has 4 fully saturated rings. The Bertz CT molecular complexity index is 335. The van der Waals surface area contributed by atoms with Crippen molar-refractivity contribution in [2.75, 3.05) is 26.4 Å². The smallest absolute Gasteiger partial charge is 0.0495 e. The van der Waals surface area contributed by atoms with Gasteiger partial charge in [0, 0.05) is 26.4 Å². The molecule has 2 aliphatic heterocycles. The zero-order valence-corrected chi connectivity index (χ0v) is 21.9. The zero-order chi connectivity index (χ0) is 22.5. The first-order chi connectivity index (χ1) is 14.2. The molecular weight excluding hydrogens is 368 g/mol. The van der Waals surface area contributed by atoms with Crippen molar-refractivity contribution in [3.63, 3.8) is 0 Å². The summed E-state index contributed by atoms with van der Waals surface area (Å²) >= 11 is 0. The van der Waals surface area contributed by atoms with E-state index in [9.17, 15) is 0 Å². The van der Waals surface area contributed by atoms with E-state index in [4.69, 9.17) is 9.47 Å². The highest BCUT2D eigenvalue weighted by molar-refractivity contribution is 4.69. The lowest BCUT2D eigenvalue weighted by Crippen LogP contribution is -2.22. The van der Waals surface area contributed by atoms with Crippen LogP contribution in [-0.4, -0.2) is 26.4 Å². The number of hydrogen-bond acceptors (Lipinski definition) is 2. The van der Waals surface area contributed by atoms with Gasteiger partial charge in [-0.05, 0) is 53.8 Å². The summed E-state index contributed by atoms with van der Waals surface area (Å²) in [6.07, 6.45) is 11.6. The molecule has 4 aliphatic rings. The standard InChI is InChI=1S/C8H16.C7H14O.C7H14.C6H12O/c1-7-5-3-4-6-8(7)2;1-6-3-4-8-5-7(6)2;1-6-4-3-5-7(6)2;1-5-3-7-4-6(5)2/h7-8H,3-6H2,1-2H3;6-7H,3-5H2,1-2H3;6-7H,3-5H2,1-2H3;5-6H,3-4H2,1-2H3. The van der Waals surface area contributed by atoms with Gasteiger partial charge in [0.15, 0.2) is 0 Å². The summed E-state index contributed by atoms with van der Waals surface area (Å²) in [5, 5.41) is 0. The highest BCUT2D eigenvalue weighted by atomic mass is 16.5. The van der Waals surface area contributed by atoms with Gasteiger partial charge < -0.3 is 9.47 Å². The molecule has 0 aromatic carbocycles. The van der Waals surface area contributed by atoms with Gasteiger partial charge in [-0.25, -0.2) is 0 Å². The molecule has 0 spiro atoms. The van der Waals surface area contributed by atoms with Crippen molar-refractivity contribution < 1.29 is 9.47 Å². The molecule has 30 heavy (non-hydrogen) atoms. The Morgan fingerprint density at radius 1 is 0.367 bits per heavy atom.